The van der Waals surface area contributed by atoms with Crippen LogP contribution < -0.4 is 0 Å². The highest BCUT2D eigenvalue weighted by Crippen LogP contribution is 2.21. The summed E-state index contributed by atoms with van der Waals surface area (Å²) in [7, 11) is 0. The fourth-order valence-electron chi connectivity index (χ4n) is 2.00. The van der Waals surface area contributed by atoms with Gasteiger partial charge in [0.15, 0.2) is 0 Å². The maximum Gasteiger partial charge on any atom is 0.373 e. The molecule has 0 aromatic heterocycles. The Labute approximate surface area is 113 Å². The van der Waals surface area contributed by atoms with Crippen molar-refractivity contribution in [1.29, 1.82) is 0 Å². The molecule has 1 rings (SSSR count). The highest BCUT2D eigenvalue weighted by atomic mass is 16.7. The van der Waals surface area contributed by atoms with Crippen molar-refractivity contribution in [2.45, 2.75) is 65.0 Å². The molecule has 110 valence electrons. The molecule has 0 radical (unpaired) electrons. The molecule has 7 heteroatoms. The van der Waals surface area contributed by atoms with Crippen molar-refractivity contribution in [2.75, 3.05) is 6.54 Å². The molecule has 1 saturated carbocycles. The number of hydrazine groups is 1. The molecular formula is C12H23N3O4. The van der Waals surface area contributed by atoms with E-state index in [-0.39, 0.29) is 17.8 Å². The van der Waals surface area contributed by atoms with Gasteiger partial charge >= 0.3 is 6.15 Å². The average Bonchev–Trinajstić information content (AvgIpc) is 2.79. The summed E-state index contributed by atoms with van der Waals surface area (Å²) in [5, 5.41) is 17.0. The van der Waals surface area contributed by atoms with Gasteiger partial charge in [-0.15, -0.1) is 5.01 Å². The van der Waals surface area contributed by atoms with Crippen molar-refractivity contribution in [3.63, 3.8) is 0 Å². The average molecular weight is 273 g/mol. The van der Waals surface area contributed by atoms with Crippen molar-refractivity contribution in [2.24, 2.45) is 5.28 Å². The summed E-state index contributed by atoms with van der Waals surface area (Å²) in [6, 6.07) is 0. The lowest BCUT2D eigenvalue weighted by Gasteiger charge is -2.29. The van der Waals surface area contributed by atoms with E-state index in [1.165, 1.54) is 12.8 Å². The normalized spacial score (nSPS) is 16.3. The van der Waals surface area contributed by atoms with Crippen LogP contribution in [-0.4, -0.2) is 34.3 Å². The fourth-order valence-corrected chi connectivity index (χ4v) is 2.00. The van der Waals surface area contributed by atoms with E-state index in [2.05, 4.69) is 5.28 Å². The molecule has 0 spiro atoms. The van der Waals surface area contributed by atoms with Gasteiger partial charge in [-0.1, -0.05) is 0 Å². The predicted molar refractivity (Wildman–Crippen MR) is 66.5 cm³/mol. The minimum Gasteiger partial charge on any atom is -0.569 e. The number of nitrogens with zero attached hydrogens (tertiary/aromatic N) is 3. The molecule has 0 unspecified atom stereocenters. The fraction of sp³-hybridized carbons (Fsp3) is 0.917. The molecule has 0 heterocycles. The van der Waals surface area contributed by atoms with Crippen LogP contribution in [0.3, 0.4) is 0 Å². The Balaban J connectivity index is 0.000000982. The van der Waals surface area contributed by atoms with E-state index >= 15 is 0 Å². The lowest BCUT2D eigenvalue weighted by molar-refractivity contribution is -0.725. The highest BCUT2D eigenvalue weighted by molar-refractivity contribution is 5.20. The van der Waals surface area contributed by atoms with E-state index in [0.29, 0.717) is 11.5 Å². The molecule has 0 amide bonds. The Morgan fingerprint density at radius 3 is 2.21 bits per heavy atom. The zero-order chi connectivity index (χ0) is 14.9. The summed E-state index contributed by atoms with van der Waals surface area (Å²) < 4.78 is 0. The zero-order valence-electron chi connectivity index (χ0n) is 12.1. The molecule has 7 nitrogen and oxygen atoms in total. The predicted octanol–water partition coefficient (Wildman–Crippen LogP) is 2.28. The van der Waals surface area contributed by atoms with Gasteiger partial charge in [0, 0.05) is 0 Å². The van der Waals surface area contributed by atoms with E-state index < -0.39 is 0 Å². The van der Waals surface area contributed by atoms with E-state index in [0.717, 1.165) is 12.8 Å². The standard InChI is InChI=1S/C11H23N3O2.CO2/c1-5-13(11(2,3)4)14(15)12-16-10-8-6-7-9-10;2-1-3/h10H,5-9H2,1-4H3;/b14-12-;. The Hall–Kier alpha value is -1.62. The Morgan fingerprint density at radius 2 is 1.84 bits per heavy atom. The van der Waals surface area contributed by atoms with Gasteiger partial charge < -0.3 is 10.0 Å². The third kappa shape index (κ3) is 6.76. The first-order chi connectivity index (χ1) is 8.86. The zero-order valence-corrected chi connectivity index (χ0v) is 12.1. The quantitative estimate of drug-likeness (QED) is 0.445. The van der Waals surface area contributed by atoms with Crippen molar-refractivity contribution < 1.29 is 19.4 Å². The van der Waals surface area contributed by atoms with E-state index in [1.54, 1.807) is 5.01 Å². The summed E-state index contributed by atoms with van der Waals surface area (Å²) in [5.74, 6) is 0. The molecule has 1 aliphatic carbocycles. The Bertz CT molecular complexity index is 313. The number of hydrogen-bond acceptors (Lipinski definition) is 5. The van der Waals surface area contributed by atoms with Gasteiger partial charge in [0.25, 0.3) is 0 Å². The monoisotopic (exact) mass is 273 g/mol. The van der Waals surface area contributed by atoms with Gasteiger partial charge in [-0.05, 0) is 53.4 Å². The third-order valence-electron chi connectivity index (χ3n) is 2.85. The molecule has 1 fully saturated rings. The molecule has 1 aliphatic rings. The Morgan fingerprint density at radius 1 is 1.37 bits per heavy atom. The summed E-state index contributed by atoms with van der Waals surface area (Å²) in [6.45, 7) is 8.48. The first-order valence-electron chi connectivity index (χ1n) is 6.47. The molecule has 0 N–H and O–H groups in total. The van der Waals surface area contributed by atoms with Gasteiger partial charge in [0.05, 0.1) is 17.1 Å². The summed E-state index contributed by atoms with van der Waals surface area (Å²) in [6.07, 6.45) is 4.76. The van der Waals surface area contributed by atoms with E-state index in [9.17, 15) is 5.21 Å². The first-order valence-corrected chi connectivity index (χ1v) is 6.47. The smallest absolute Gasteiger partial charge is 0.373 e. The summed E-state index contributed by atoms with van der Waals surface area (Å²) >= 11 is 0. The summed E-state index contributed by atoms with van der Waals surface area (Å²) in [4.78, 5) is 22.1. The molecule has 0 aliphatic heterocycles. The summed E-state index contributed by atoms with van der Waals surface area (Å²) in [5.41, 5.74) is -0.237. The molecule has 0 bridgehead atoms. The molecular weight excluding hydrogens is 250 g/mol. The lowest BCUT2D eigenvalue weighted by Crippen LogP contribution is -2.45. The van der Waals surface area contributed by atoms with Crippen LogP contribution in [0, 0.1) is 5.21 Å². The van der Waals surface area contributed by atoms with Crippen LogP contribution in [0.2, 0.25) is 0 Å². The van der Waals surface area contributed by atoms with Gasteiger partial charge in [-0.2, -0.15) is 9.59 Å². The number of hydrogen-bond donors (Lipinski definition) is 0. The minimum absolute atomic E-state index is 0.134. The molecule has 0 atom stereocenters. The second-order valence-electron chi connectivity index (χ2n) is 5.32. The first kappa shape index (κ1) is 17.4. The van der Waals surface area contributed by atoms with Crippen LogP contribution in [0.1, 0.15) is 53.4 Å². The second-order valence-corrected chi connectivity index (χ2v) is 5.32. The van der Waals surface area contributed by atoms with E-state index in [4.69, 9.17) is 14.4 Å². The number of carbonyl (C=O) groups excluding carboxylic acids is 2. The van der Waals surface area contributed by atoms with Crippen LogP contribution in [0.5, 0.6) is 0 Å². The maximum absolute atomic E-state index is 11.7. The lowest BCUT2D eigenvalue weighted by atomic mass is 10.1. The highest BCUT2D eigenvalue weighted by Gasteiger charge is 2.27. The van der Waals surface area contributed by atoms with Crippen LogP contribution in [-0.2, 0) is 14.4 Å². The van der Waals surface area contributed by atoms with Crippen molar-refractivity contribution in [1.82, 2.24) is 5.01 Å². The third-order valence-corrected chi connectivity index (χ3v) is 2.85. The number of rotatable bonds is 4. The van der Waals surface area contributed by atoms with E-state index in [1.807, 2.05) is 27.7 Å². The Kier molecular flexibility index (Phi) is 7.75. The van der Waals surface area contributed by atoms with Crippen LogP contribution >= 0.6 is 0 Å². The van der Waals surface area contributed by atoms with Gasteiger partial charge in [-0.25, -0.2) is 0 Å². The van der Waals surface area contributed by atoms with Gasteiger partial charge in [0.2, 0.25) is 5.28 Å². The van der Waals surface area contributed by atoms with Crippen LogP contribution in [0.15, 0.2) is 5.28 Å². The second kappa shape index (κ2) is 8.48. The van der Waals surface area contributed by atoms with Gasteiger partial charge in [0.1, 0.15) is 6.10 Å². The molecule has 0 aromatic rings. The van der Waals surface area contributed by atoms with Crippen molar-refractivity contribution in [3.8, 4) is 0 Å². The van der Waals surface area contributed by atoms with Crippen molar-refractivity contribution in [3.05, 3.63) is 5.21 Å². The largest absolute Gasteiger partial charge is 0.569 e. The van der Waals surface area contributed by atoms with Crippen LogP contribution in [0.4, 0.5) is 0 Å². The van der Waals surface area contributed by atoms with Crippen LogP contribution in [0.25, 0.3) is 0 Å². The SMILES string of the molecule is CCN(/[N+]([O-])=N/OC1CCCC1)C(C)(C)C.O=C=O. The topological polar surface area (TPSA) is 85.0 Å². The maximum atomic E-state index is 11.7. The van der Waals surface area contributed by atoms with Crippen molar-refractivity contribution >= 4 is 6.15 Å². The molecule has 19 heavy (non-hydrogen) atoms. The van der Waals surface area contributed by atoms with Gasteiger partial charge in [-0.3, -0.25) is 0 Å². The molecule has 0 aromatic carbocycles. The minimum atomic E-state index is -0.237. The molecule has 0 saturated heterocycles.